The van der Waals surface area contributed by atoms with Gasteiger partial charge in [0.25, 0.3) is 0 Å². The van der Waals surface area contributed by atoms with Crippen molar-refractivity contribution in [3.8, 4) is 0 Å². The normalized spacial score (nSPS) is 23.6. The molecule has 144 valence electrons. The van der Waals surface area contributed by atoms with Crippen LogP contribution in [0, 0.1) is 0 Å². The Labute approximate surface area is 160 Å². The van der Waals surface area contributed by atoms with Gasteiger partial charge in [-0.2, -0.15) is 0 Å². The maximum Gasteiger partial charge on any atom is 0.312 e. The molecule has 4 rings (SSSR count). The van der Waals surface area contributed by atoms with Crippen molar-refractivity contribution < 1.29 is 19.2 Å². The van der Waals surface area contributed by atoms with Crippen molar-refractivity contribution in [1.82, 2.24) is 20.4 Å². The molecule has 0 aromatic carbocycles. The molecule has 1 aromatic heterocycles. The highest BCUT2D eigenvalue weighted by molar-refractivity contribution is 7.10. The summed E-state index contributed by atoms with van der Waals surface area (Å²) in [5, 5.41) is 7.33. The number of carbonyl (C=O) groups excluding carboxylic acids is 4. The molecule has 2 bridgehead atoms. The molecule has 4 heterocycles. The van der Waals surface area contributed by atoms with E-state index >= 15 is 0 Å². The molecule has 0 saturated carbocycles. The lowest BCUT2D eigenvalue weighted by Gasteiger charge is -2.33. The number of carbonyl (C=O) groups is 4. The first-order valence-electron chi connectivity index (χ1n) is 9.26. The lowest BCUT2D eigenvalue weighted by molar-refractivity contribution is -0.151. The first kappa shape index (κ1) is 18.0. The van der Waals surface area contributed by atoms with Crippen LogP contribution in [0.1, 0.15) is 29.7 Å². The molecule has 3 aliphatic rings. The van der Waals surface area contributed by atoms with E-state index in [1.165, 1.54) is 15.3 Å². The van der Waals surface area contributed by atoms with Crippen LogP contribution in [0.3, 0.4) is 0 Å². The second-order valence-electron chi connectivity index (χ2n) is 7.14. The van der Waals surface area contributed by atoms with Crippen molar-refractivity contribution in [3.63, 3.8) is 0 Å². The first-order valence-corrected chi connectivity index (χ1v) is 10.1. The Morgan fingerprint density at radius 2 is 2.15 bits per heavy atom. The minimum Gasteiger partial charge on any atom is -0.352 e. The minimum absolute atomic E-state index is 0.0305. The Morgan fingerprint density at radius 1 is 1.30 bits per heavy atom. The third-order valence-corrected chi connectivity index (χ3v) is 6.55. The summed E-state index contributed by atoms with van der Waals surface area (Å²) in [5.74, 6) is -1.64. The number of hydrogen-bond acceptors (Lipinski definition) is 5. The van der Waals surface area contributed by atoms with Crippen LogP contribution in [0.4, 0.5) is 0 Å². The van der Waals surface area contributed by atoms with Gasteiger partial charge in [0, 0.05) is 37.5 Å². The standard InChI is InChI=1S/C18H22N4O4S/c23-15(21-7-4-14-11(10-21)5-8-27-14)3-6-19-17(25)18(26)22-12-1-2-13(22)16(24)20-9-12/h5,8,12-13H,1-4,6-7,9-10H2,(H,19,25)(H,20,24). The van der Waals surface area contributed by atoms with Crippen LogP contribution >= 0.6 is 11.3 Å². The Hall–Kier alpha value is -2.42. The molecular weight excluding hydrogens is 368 g/mol. The quantitative estimate of drug-likeness (QED) is 0.688. The number of nitrogens with one attached hydrogen (secondary N) is 2. The van der Waals surface area contributed by atoms with Crippen LogP contribution < -0.4 is 10.6 Å². The second kappa shape index (κ2) is 7.30. The number of fused-ring (bicyclic) bond motifs is 3. The molecule has 3 aliphatic heterocycles. The third-order valence-electron chi connectivity index (χ3n) is 5.53. The molecule has 2 N–H and O–H groups in total. The highest BCUT2D eigenvalue weighted by Crippen LogP contribution is 2.27. The molecule has 9 heteroatoms. The molecule has 1 aromatic rings. The van der Waals surface area contributed by atoms with E-state index in [2.05, 4.69) is 10.6 Å². The molecule has 2 fully saturated rings. The molecule has 27 heavy (non-hydrogen) atoms. The SMILES string of the molecule is O=C(NCCC(=O)N1CCc2sccc2C1)C(=O)N1C2CCC1C(=O)NC2. The third kappa shape index (κ3) is 3.43. The van der Waals surface area contributed by atoms with E-state index in [9.17, 15) is 19.2 Å². The van der Waals surface area contributed by atoms with Crippen LogP contribution in [-0.4, -0.2) is 65.1 Å². The van der Waals surface area contributed by atoms with Crippen molar-refractivity contribution in [3.05, 3.63) is 21.9 Å². The first-order chi connectivity index (χ1) is 13.0. The van der Waals surface area contributed by atoms with Gasteiger partial charge >= 0.3 is 11.8 Å². The Morgan fingerprint density at radius 3 is 3.00 bits per heavy atom. The molecular formula is C18H22N4O4S. The topological polar surface area (TPSA) is 98.8 Å². The van der Waals surface area contributed by atoms with Gasteiger partial charge < -0.3 is 20.4 Å². The molecule has 2 unspecified atom stereocenters. The maximum absolute atomic E-state index is 12.4. The summed E-state index contributed by atoms with van der Waals surface area (Å²) >= 11 is 1.72. The van der Waals surface area contributed by atoms with Crippen molar-refractivity contribution in [2.24, 2.45) is 0 Å². The Bertz CT molecular complexity index is 792. The summed E-state index contributed by atoms with van der Waals surface area (Å²) in [5.41, 5.74) is 1.19. The predicted octanol–water partition coefficient (Wildman–Crippen LogP) is -0.371. The fourth-order valence-electron chi connectivity index (χ4n) is 4.08. The van der Waals surface area contributed by atoms with Gasteiger partial charge in [-0.15, -0.1) is 11.3 Å². The minimum atomic E-state index is -0.742. The zero-order valence-corrected chi connectivity index (χ0v) is 15.7. The summed E-state index contributed by atoms with van der Waals surface area (Å²) in [6.45, 7) is 1.81. The largest absolute Gasteiger partial charge is 0.352 e. The van der Waals surface area contributed by atoms with Gasteiger partial charge in [-0.05, 0) is 36.3 Å². The van der Waals surface area contributed by atoms with Crippen molar-refractivity contribution in [2.45, 2.75) is 44.3 Å². The Kier molecular flexibility index (Phi) is 4.86. The van der Waals surface area contributed by atoms with Gasteiger partial charge in [-0.3, -0.25) is 19.2 Å². The summed E-state index contributed by atoms with van der Waals surface area (Å²) in [4.78, 5) is 53.4. The number of nitrogens with zero attached hydrogens (tertiary/aromatic N) is 2. The van der Waals surface area contributed by atoms with Gasteiger partial charge in [-0.1, -0.05) is 0 Å². The van der Waals surface area contributed by atoms with Gasteiger partial charge in [0.05, 0.1) is 6.04 Å². The predicted molar refractivity (Wildman–Crippen MR) is 97.7 cm³/mol. The van der Waals surface area contributed by atoms with E-state index in [4.69, 9.17) is 0 Å². The van der Waals surface area contributed by atoms with Gasteiger partial charge in [0.1, 0.15) is 6.04 Å². The van der Waals surface area contributed by atoms with E-state index in [1.807, 2.05) is 11.4 Å². The monoisotopic (exact) mass is 390 g/mol. The van der Waals surface area contributed by atoms with Crippen LogP contribution in [0.15, 0.2) is 11.4 Å². The molecule has 4 amide bonds. The number of amides is 4. The Balaban J connectivity index is 1.25. The van der Waals surface area contributed by atoms with Gasteiger partial charge in [0.2, 0.25) is 11.8 Å². The highest BCUT2D eigenvalue weighted by atomic mass is 32.1. The second-order valence-corrected chi connectivity index (χ2v) is 8.15. The number of thiophene rings is 1. The smallest absolute Gasteiger partial charge is 0.312 e. The van der Waals surface area contributed by atoms with E-state index in [-0.39, 0.29) is 30.8 Å². The van der Waals surface area contributed by atoms with E-state index in [0.29, 0.717) is 26.1 Å². The highest BCUT2D eigenvalue weighted by Gasteiger charge is 2.46. The molecule has 2 saturated heterocycles. The van der Waals surface area contributed by atoms with E-state index in [1.54, 1.807) is 16.2 Å². The molecule has 0 aliphatic carbocycles. The fraction of sp³-hybridized carbons (Fsp3) is 0.556. The van der Waals surface area contributed by atoms with E-state index in [0.717, 1.165) is 12.8 Å². The van der Waals surface area contributed by atoms with Crippen molar-refractivity contribution >= 4 is 35.0 Å². The van der Waals surface area contributed by atoms with Gasteiger partial charge in [-0.25, -0.2) is 0 Å². The van der Waals surface area contributed by atoms with Crippen LogP contribution in [0.2, 0.25) is 0 Å². The zero-order chi connectivity index (χ0) is 19.0. The van der Waals surface area contributed by atoms with Crippen LogP contribution in [0.25, 0.3) is 0 Å². The lowest BCUT2D eigenvalue weighted by atomic mass is 10.1. The molecule has 8 nitrogen and oxygen atoms in total. The van der Waals surface area contributed by atoms with E-state index < -0.39 is 17.9 Å². The average Bonchev–Trinajstić information content (AvgIpc) is 3.27. The molecule has 0 spiro atoms. The van der Waals surface area contributed by atoms with Crippen molar-refractivity contribution in [1.29, 1.82) is 0 Å². The number of rotatable bonds is 3. The lowest BCUT2D eigenvalue weighted by Crippen LogP contribution is -2.60. The zero-order valence-electron chi connectivity index (χ0n) is 14.9. The van der Waals surface area contributed by atoms with Crippen molar-refractivity contribution in [2.75, 3.05) is 19.6 Å². The molecule has 2 atom stereocenters. The van der Waals surface area contributed by atoms with Crippen LogP contribution in [-0.2, 0) is 32.1 Å². The fourth-order valence-corrected chi connectivity index (χ4v) is 4.97. The summed E-state index contributed by atoms with van der Waals surface area (Å²) in [6, 6.07) is 1.39. The average molecular weight is 390 g/mol. The summed E-state index contributed by atoms with van der Waals surface area (Å²) < 4.78 is 0. The summed E-state index contributed by atoms with van der Waals surface area (Å²) in [6.07, 6.45) is 2.34. The van der Waals surface area contributed by atoms with Crippen LogP contribution in [0.5, 0.6) is 0 Å². The van der Waals surface area contributed by atoms with Gasteiger partial charge in [0.15, 0.2) is 0 Å². The number of piperazine rings is 1. The maximum atomic E-state index is 12.4. The molecule has 0 radical (unpaired) electrons. The summed E-state index contributed by atoms with van der Waals surface area (Å²) in [7, 11) is 0. The number of hydrogen-bond donors (Lipinski definition) is 2.